The van der Waals surface area contributed by atoms with Crippen molar-refractivity contribution in [2.75, 3.05) is 0 Å². The summed E-state index contributed by atoms with van der Waals surface area (Å²) >= 11 is 5.86. The smallest absolute Gasteiger partial charge is 0.243 e. The van der Waals surface area contributed by atoms with Crippen molar-refractivity contribution < 1.29 is 8.91 Å². The average Bonchev–Trinajstić information content (AvgIpc) is 2.66. The highest BCUT2D eigenvalue weighted by Crippen LogP contribution is 2.26. The van der Waals surface area contributed by atoms with Gasteiger partial charge in [-0.15, -0.1) is 0 Å². The van der Waals surface area contributed by atoms with Gasteiger partial charge in [0.15, 0.2) is 0 Å². The molecule has 0 saturated heterocycles. The summed E-state index contributed by atoms with van der Waals surface area (Å²) in [6.07, 6.45) is 0. The van der Waals surface area contributed by atoms with Crippen LogP contribution in [-0.2, 0) is 0 Å². The zero-order valence-electron chi connectivity index (χ0n) is 8.45. The molecule has 16 heavy (non-hydrogen) atoms. The molecule has 0 saturated carbocycles. The Bertz CT molecular complexity index is 513. The maximum atomic E-state index is 12.8. The minimum atomic E-state index is -0.412. The second kappa shape index (κ2) is 4.19. The van der Waals surface area contributed by atoms with Gasteiger partial charge in [-0.2, -0.15) is 4.98 Å². The molecule has 1 atom stereocenters. The SMILES string of the molecule is C[C@H](N)c1nc(-c2ccc(F)cc2Cl)no1. The minimum Gasteiger partial charge on any atom is -0.337 e. The first-order valence-electron chi connectivity index (χ1n) is 4.62. The van der Waals surface area contributed by atoms with Crippen LogP contribution in [-0.4, -0.2) is 10.1 Å². The Morgan fingerprint density at radius 1 is 1.50 bits per heavy atom. The number of aromatic nitrogens is 2. The lowest BCUT2D eigenvalue weighted by molar-refractivity contribution is 0.362. The van der Waals surface area contributed by atoms with Crippen LogP contribution in [0.15, 0.2) is 22.7 Å². The lowest BCUT2D eigenvalue weighted by Crippen LogP contribution is -2.04. The predicted molar refractivity (Wildman–Crippen MR) is 57.3 cm³/mol. The third-order valence-electron chi connectivity index (χ3n) is 2.00. The molecule has 0 amide bonds. The summed E-state index contributed by atoms with van der Waals surface area (Å²) in [7, 11) is 0. The second-order valence-electron chi connectivity index (χ2n) is 3.37. The quantitative estimate of drug-likeness (QED) is 0.878. The van der Waals surface area contributed by atoms with E-state index in [-0.39, 0.29) is 11.1 Å². The monoisotopic (exact) mass is 241 g/mol. The summed E-state index contributed by atoms with van der Waals surface area (Å²) in [6, 6.07) is 3.62. The van der Waals surface area contributed by atoms with E-state index >= 15 is 0 Å². The first kappa shape index (κ1) is 11.0. The van der Waals surface area contributed by atoms with E-state index in [1.54, 1.807) is 6.92 Å². The Hall–Kier alpha value is -1.46. The molecule has 0 bridgehead atoms. The number of hydrogen-bond acceptors (Lipinski definition) is 4. The molecule has 1 heterocycles. The summed E-state index contributed by atoms with van der Waals surface area (Å²) in [5.41, 5.74) is 6.09. The number of rotatable bonds is 2. The van der Waals surface area contributed by atoms with Crippen molar-refractivity contribution in [1.82, 2.24) is 10.1 Å². The van der Waals surface area contributed by atoms with Gasteiger partial charge in [-0.05, 0) is 25.1 Å². The van der Waals surface area contributed by atoms with Crippen molar-refractivity contribution in [3.63, 3.8) is 0 Å². The van der Waals surface area contributed by atoms with Gasteiger partial charge < -0.3 is 10.3 Å². The number of nitrogens with two attached hydrogens (primary N) is 1. The van der Waals surface area contributed by atoms with Crippen LogP contribution in [0.1, 0.15) is 18.9 Å². The van der Waals surface area contributed by atoms with Gasteiger partial charge in [0.05, 0.1) is 11.1 Å². The zero-order chi connectivity index (χ0) is 11.7. The van der Waals surface area contributed by atoms with Crippen molar-refractivity contribution in [3.8, 4) is 11.4 Å². The molecule has 2 N–H and O–H groups in total. The molecule has 0 fully saturated rings. The third-order valence-corrected chi connectivity index (χ3v) is 2.32. The molecule has 0 spiro atoms. The van der Waals surface area contributed by atoms with Gasteiger partial charge in [-0.25, -0.2) is 4.39 Å². The van der Waals surface area contributed by atoms with Gasteiger partial charge in [-0.3, -0.25) is 0 Å². The molecule has 0 aliphatic rings. The first-order valence-corrected chi connectivity index (χ1v) is 5.00. The second-order valence-corrected chi connectivity index (χ2v) is 3.78. The fourth-order valence-electron chi connectivity index (χ4n) is 1.20. The molecule has 4 nitrogen and oxygen atoms in total. The summed E-state index contributed by atoms with van der Waals surface area (Å²) in [5.74, 6) is 0.206. The molecule has 2 rings (SSSR count). The largest absolute Gasteiger partial charge is 0.337 e. The van der Waals surface area contributed by atoms with Crippen LogP contribution in [0, 0.1) is 5.82 Å². The zero-order valence-corrected chi connectivity index (χ0v) is 9.20. The molecule has 84 valence electrons. The highest BCUT2D eigenvalue weighted by Gasteiger charge is 2.14. The molecule has 1 aromatic carbocycles. The van der Waals surface area contributed by atoms with Crippen LogP contribution < -0.4 is 5.73 Å². The standard InChI is InChI=1S/C10H9ClFN3O/c1-5(13)10-14-9(15-16-10)7-3-2-6(12)4-8(7)11/h2-5H,13H2,1H3/t5-/m0/s1. The van der Waals surface area contributed by atoms with Crippen LogP contribution in [0.25, 0.3) is 11.4 Å². The fourth-order valence-corrected chi connectivity index (χ4v) is 1.45. The topological polar surface area (TPSA) is 64.9 Å². The fraction of sp³-hybridized carbons (Fsp3) is 0.200. The molecule has 6 heteroatoms. The van der Waals surface area contributed by atoms with E-state index in [1.807, 2.05) is 0 Å². The van der Waals surface area contributed by atoms with E-state index < -0.39 is 5.82 Å². The Labute approximate surface area is 96.2 Å². The summed E-state index contributed by atoms with van der Waals surface area (Å²) < 4.78 is 17.8. The Balaban J connectivity index is 2.42. The van der Waals surface area contributed by atoms with E-state index in [2.05, 4.69) is 10.1 Å². The van der Waals surface area contributed by atoms with Crippen LogP contribution in [0.4, 0.5) is 4.39 Å². The Kier molecular flexibility index (Phi) is 2.89. The number of nitrogens with zero attached hydrogens (tertiary/aromatic N) is 2. The van der Waals surface area contributed by atoms with Gasteiger partial charge in [0.1, 0.15) is 5.82 Å². The van der Waals surface area contributed by atoms with E-state index in [9.17, 15) is 4.39 Å². The molecular weight excluding hydrogens is 233 g/mol. The lowest BCUT2D eigenvalue weighted by Gasteiger charge is -1.98. The van der Waals surface area contributed by atoms with E-state index in [1.165, 1.54) is 18.2 Å². The molecule has 2 aromatic rings. The van der Waals surface area contributed by atoms with Crippen LogP contribution in [0.3, 0.4) is 0 Å². The maximum Gasteiger partial charge on any atom is 0.243 e. The van der Waals surface area contributed by atoms with Gasteiger partial charge in [-0.1, -0.05) is 16.8 Å². The normalized spacial score (nSPS) is 12.8. The predicted octanol–water partition coefficient (Wildman–Crippen LogP) is 2.55. The van der Waals surface area contributed by atoms with Gasteiger partial charge in [0.25, 0.3) is 0 Å². The van der Waals surface area contributed by atoms with E-state index in [4.69, 9.17) is 21.9 Å². The van der Waals surface area contributed by atoms with Crippen molar-refractivity contribution in [1.29, 1.82) is 0 Å². The number of benzene rings is 1. The van der Waals surface area contributed by atoms with Crippen LogP contribution in [0.5, 0.6) is 0 Å². The number of halogens is 2. The maximum absolute atomic E-state index is 12.8. The minimum absolute atomic E-state index is 0.233. The molecule has 0 aliphatic heterocycles. The van der Waals surface area contributed by atoms with Crippen molar-refractivity contribution in [2.24, 2.45) is 5.73 Å². The summed E-state index contributed by atoms with van der Waals surface area (Å²) in [6.45, 7) is 1.73. The van der Waals surface area contributed by atoms with Crippen LogP contribution >= 0.6 is 11.6 Å². The van der Waals surface area contributed by atoms with Crippen molar-refractivity contribution in [3.05, 3.63) is 34.9 Å². The number of hydrogen-bond donors (Lipinski definition) is 1. The molecule has 1 aromatic heterocycles. The third kappa shape index (κ3) is 2.05. The van der Waals surface area contributed by atoms with Crippen molar-refractivity contribution >= 4 is 11.6 Å². The first-order chi connectivity index (χ1) is 7.58. The summed E-state index contributed by atoms with van der Waals surface area (Å²) in [4.78, 5) is 4.06. The lowest BCUT2D eigenvalue weighted by atomic mass is 10.2. The highest BCUT2D eigenvalue weighted by atomic mass is 35.5. The van der Waals surface area contributed by atoms with E-state index in [0.717, 1.165) is 0 Å². The molecule has 0 aliphatic carbocycles. The molecule has 0 radical (unpaired) electrons. The molecule has 0 unspecified atom stereocenters. The van der Waals surface area contributed by atoms with Crippen LogP contribution in [0.2, 0.25) is 5.02 Å². The van der Waals surface area contributed by atoms with Crippen molar-refractivity contribution in [2.45, 2.75) is 13.0 Å². The summed E-state index contributed by atoms with van der Waals surface area (Å²) in [5, 5.41) is 3.96. The Morgan fingerprint density at radius 2 is 2.25 bits per heavy atom. The Morgan fingerprint density at radius 3 is 2.81 bits per heavy atom. The highest BCUT2D eigenvalue weighted by molar-refractivity contribution is 6.33. The molecular formula is C10H9ClFN3O. The van der Waals surface area contributed by atoms with Gasteiger partial charge in [0.2, 0.25) is 11.7 Å². The van der Waals surface area contributed by atoms with E-state index in [0.29, 0.717) is 17.3 Å². The van der Waals surface area contributed by atoms with Gasteiger partial charge in [0, 0.05) is 5.56 Å². The van der Waals surface area contributed by atoms with Gasteiger partial charge >= 0.3 is 0 Å². The average molecular weight is 242 g/mol.